The van der Waals surface area contributed by atoms with E-state index in [2.05, 4.69) is 23.5 Å². The number of carbonyl (C=O) groups excluding carboxylic acids is 2. The molecule has 2 amide bonds. The van der Waals surface area contributed by atoms with Crippen LogP contribution in [0.25, 0.3) is 5.57 Å². The largest absolute Gasteiger partial charge is 0.349 e. The minimum Gasteiger partial charge on any atom is -0.349 e. The first-order valence-corrected chi connectivity index (χ1v) is 9.45. The van der Waals surface area contributed by atoms with E-state index in [9.17, 15) is 9.59 Å². The van der Waals surface area contributed by atoms with Crippen molar-refractivity contribution in [3.8, 4) is 0 Å². The van der Waals surface area contributed by atoms with Gasteiger partial charge in [-0.15, -0.1) is 0 Å². The molecule has 0 fully saturated rings. The van der Waals surface area contributed by atoms with Crippen molar-refractivity contribution in [3.05, 3.63) is 76.8 Å². The number of amides is 2. The molecule has 27 heavy (non-hydrogen) atoms. The lowest BCUT2D eigenvalue weighted by molar-refractivity contribution is -0.131. The van der Waals surface area contributed by atoms with Gasteiger partial charge in [0.15, 0.2) is 0 Å². The second-order valence-electron chi connectivity index (χ2n) is 6.69. The van der Waals surface area contributed by atoms with Crippen LogP contribution in [0.2, 0.25) is 5.02 Å². The van der Waals surface area contributed by atoms with Crippen molar-refractivity contribution < 1.29 is 9.59 Å². The van der Waals surface area contributed by atoms with Gasteiger partial charge in [-0.05, 0) is 35.3 Å². The predicted molar refractivity (Wildman–Crippen MR) is 108 cm³/mol. The number of carbonyl (C=O) groups is 2. The summed E-state index contributed by atoms with van der Waals surface area (Å²) in [5.41, 5.74) is 3.36. The number of nitrogens with one attached hydrogen (secondary N) is 1. The molecule has 3 rings (SSSR count). The highest BCUT2D eigenvalue weighted by atomic mass is 35.5. The number of hydrogen-bond donors (Lipinski definition) is 1. The van der Waals surface area contributed by atoms with Crippen molar-refractivity contribution >= 4 is 29.0 Å². The Labute approximate surface area is 164 Å². The summed E-state index contributed by atoms with van der Waals surface area (Å²) in [6.07, 6.45) is 3.18. The van der Waals surface area contributed by atoms with E-state index in [4.69, 9.17) is 11.6 Å². The molecule has 1 heterocycles. The minimum atomic E-state index is -0.355. The molecule has 0 radical (unpaired) electrons. The lowest BCUT2D eigenvalue weighted by Crippen LogP contribution is -2.38. The first-order valence-electron chi connectivity index (χ1n) is 9.07. The molecule has 140 valence electrons. The molecule has 2 aromatic carbocycles. The Morgan fingerprint density at radius 3 is 2.41 bits per heavy atom. The Balaban J connectivity index is 1.66. The molecule has 0 saturated heterocycles. The minimum absolute atomic E-state index is 0.0343. The molecule has 0 spiro atoms. The third-order valence-corrected chi connectivity index (χ3v) is 4.99. The summed E-state index contributed by atoms with van der Waals surface area (Å²) < 4.78 is 0. The van der Waals surface area contributed by atoms with E-state index in [0.29, 0.717) is 18.1 Å². The van der Waals surface area contributed by atoms with Gasteiger partial charge in [-0.25, -0.2) is 0 Å². The van der Waals surface area contributed by atoms with Crippen molar-refractivity contribution in [1.82, 2.24) is 10.2 Å². The Morgan fingerprint density at radius 2 is 1.81 bits per heavy atom. The van der Waals surface area contributed by atoms with Crippen molar-refractivity contribution in [2.75, 3.05) is 13.1 Å². The van der Waals surface area contributed by atoms with Crippen molar-refractivity contribution in [2.24, 2.45) is 0 Å². The first-order chi connectivity index (χ1) is 13.0. The van der Waals surface area contributed by atoms with Gasteiger partial charge in [0, 0.05) is 25.0 Å². The molecule has 1 N–H and O–H groups in total. The van der Waals surface area contributed by atoms with Gasteiger partial charge in [-0.2, -0.15) is 0 Å². The van der Waals surface area contributed by atoms with Gasteiger partial charge in [0.05, 0.1) is 12.5 Å². The molecule has 0 bridgehead atoms. The summed E-state index contributed by atoms with van der Waals surface area (Å²) in [6.45, 7) is 2.74. The van der Waals surface area contributed by atoms with Crippen molar-refractivity contribution in [1.29, 1.82) is 0 Å². The standard InChI is InChI=1S/C22H23ClN2O2/c1-16(26)24-21(19-7-9-20(23)10-8-19)15-22(27)25-13-11-18(12-14-25)17-5-3-2-4-6-17/h2-11,21H,12-15H2,1H3,(H,24,26). The summed E-state index contributed by atoms with van der Waals surface area (Å²) in [4.78, 5) is 26.2. The van der Waals surface area contributed by atoms with E-state index in [1.165, 1.54) is 18.1 Å². The van der Waals surface area contributed by atoms with Gasteiger partial charge in [-0.3, -0.25) is 9.59 Å². The molecule has 0 aromatic heterocycles. The zero-order valence-corrected chi connectivity index (χ0v) is 16.1. The number of hydrogen-bond acceptors (Lipinski definition) is 2. The molecule has 1 unspecified atom stereocenters. The zero-order chi connectivity index (χ0) is 19.2. The summed E-state index contributed by atoms with van der Waals surface area (Å²) >= 11 is 5.94. The van der Waals surface area contributed by atoms with Crippen LogP contribution in [0.3, 0.4) is 0 Å². The highest BCUT2D eigenvalue weighted by Crippen LogP contribution is 2.24. The highest BCUT2D eigenvalue weighted by Gasteiger charge is 2.23. The third-order valence-electron chi connectivity index (χ3n) is 4.74. The third kappa shape index (κ3) is 5.20. The molecule has 5 heteroatoms. The van der Waals surface area contributed by atoms with Gasteiger partial charge < -0.3 is 10.2 Å². The Bertz CT molecular complexity index is 831. The highest BCUT2D eigenvalue weighted by molar-refractivity contribution is 6.30. The fourth-order valence-corrected chi connectivity index (χ4v) is 3.43. The first kappa shape index (κ1) is 19.2. The number of rotatable bonds is 5. The van der Waals surface area contributed by atoms with Gasteiger partial charge in [-0.1, -0.05) is 60.1 Å². The summed E-state index contributed by atoms with van der Waals surface area (Å²) in [6, 6.07) is 17.1. The van der Waals surface area contributed by atoms with E-state index >= 15 is 0 Å². The van der Waals surface area contributed by atoms with E-state index in [1.54, 1.807) is 12.1 Å². The topological polar surface area (TPSA) is 49.4 Å². The Morgan fingerprint density at radius 1 is 1.11 bits per heavy atom. The van der Waals surface area contributed by atoms with Crippen LogP contribution in [-0.4, -0.2) is 29.8 Å². The van der Waals surface area contributed by atoms with Crippen molar-refractivity contribution in [2.45, 2.75) is 25.8 Å². The summed E-state index contributed by atoms with van der Waals surface area (Å²) in [7, 11) is 0. The number of nitrogens with zero attached hydrogens (tertiary/aromatic N) is 1. The smallest absolute Gasteiger partial charge is 0.225 e. The fraction of sp³-hybridized carbons (Fsp3) is 0.273. The van der Waals surface area contributed by atoms with Gasteiger partial charge in [0.1, 0.15) is 0 Å². The van der Waals surface area contributed by atoms with Crippen LogP contribution < -0.4 is 5.32 Å². The maximum Gasteiger partial charge on any atom is 0.225 e. The summed E-state index contributed by atoms with van der Waals surface area (Å²) in [5, 5.41) is 3.50. The van der Waals surface area contributed by atoms with E-state index in [-0.39, 0.29) is 24.3 Å². The van der Waals surface area contributed by atoms with Gasteiger partial charge in [0.25, 0.3) is 0 Å². The van der Waals surface area contributed by atoms with Crippen molar-refractivity contribution in [3.63, 3.8) is 0 Å². The fourth-order valence-electron chi connectivity index (χ4n) is 3.31. The number of benzene rings is 2. The molecule has 4 nitrogen and oxygen atoms in total. The van der Waals surface area contributed by atoms with E-state index < -0.39 is 0 Å². The van der Waals surface area contributed by atoms with Crippen LogP contribution in [0.5, 0.6) is 0 Å². The molecule has 0 saturated carbocycles. The van der Waals surface area contributed by atoms with E-state index in [1.807, 2.05) is 35.2 Å². The van der Waals surface area contributed by atoms with Crippen LogP contribution in [0.4, 0.5) is 0 Å². The van der Waals surface area contributed by atoms with Crippen LogP contribution in [0.15, 0.2) is 60.7 Å². The molecular formula is C22H23ClN2O2. The predicted octanol–water partition coefficient (Wildman–Crippen LogP) is 4.22. The van der Waals surface area contributed by atoms with Gasteiger partial charge in [0.2, 0.25) is 11.8 Å². The summed E-state index contributed by atoms with van der Waals surface area (Å²) in [5.74, 6) is -0.125. The zero-order valence-electron chi connectivity index (χ0n) is 15.3. The molecule has 0 aliphatic carbocycles. The second-order valence-corrected chi connectivity index (χ2v) is 7.13. The number of halogens is 1. The van der Waals surface area contributed by atoms with Crippen LogP contribution in [-0.2, 0) is 9.59 Å². The monoisotopic (exact) mass is 382 g/mol. The lowest BCUT2D eigenvalue weighted by atomic mass is 9.98. The molecule has 1 aliphatic rings. The van der Waals surface area contributed by atoms with E-state index in [0.717, 1.165) is 12.0 Å². The SMILES string of the molecule is CC(=O)NC(CC(=O)N1CC=C(c2ccccc2)CC1)c1ccc(Cl)cc1. The molecule has 2 aromatic rings. The quantitative estimate of drug-likeness (QED) is 0.841. The Hall–Kier alpha value is -2.59. The van der Waals surface area contributed by atoms with Crippen LogP contribution >= 0.6 is 11.6 Å². The van der Waals surface area contributed by atoms with Crippen LogP contribution in [0.1, 0.15) is 36.9 Å². The Kier molecular flexibility index (Phi) is 6.30. The molecular weight excluding hydrogens is 360 g/mol. The average Bonchev–Trinajstić information content (AvgIpc) is 2.68. The normalized spacial score (nSPS) is 15.0. The average molecular weight is 383 g/mol. The molecule has 1 atom stereocenters. The van der Waals surface area contributed by atoms with Gasteiger partial charge >= 0.3 is 0 Å². The lowest BCUT2D eigenvalue weighted by Gasteiger charge is -2.28. The molecule has 1 aliphatic heterocycles. The van der Waals surface area contributed by atoms with Crippen LogP contribution in [0, 0.1) is 0 Å². The maximum atomic E-state index is 12.8. The second kappa shape index (κ2) is 8.87. The maximum absolute atomic E-state index is 12.8.